The number of carbonyl (C=O) groups is 2. The first-order valence-corrected chi connectivity index (χ1v) is 10.5. The van der Waals surface area contributed by atoms with Crippen LogP contribution in [0.1, 0.15) is 49.3 Å². The molecule has 30 heavy (non-hydrogen) atoms. The average Bonchev–Trinajstić information content (AvgIpc) is 2.78. The molecule has 1 saturated carbocycles. The molecule has 2 fully saturated rings. The first-order chi connectivity index (χ1) is 14.6. The van der Waals surface area contributed by atoms with Crippen molar-refractivity contribution in [1.82, 2.24) is 9.80 Å². The molecule has 5 nitrogen and oxygen atoms in total. The Labute approximate surface area is 176 Å². The topological polar surface area (TPSA) is 49.9 Å². The first kappa shape index (κ1) is 20.4. The lowest BCUT2D eigenvalue weighted by Gasteiger charge is -2.44. The quantitative estimate of drug-likeness (QED) is 0.746. The van der Waals surface area contributed by atoms with Crippen LogP contribution in [0.15, 0.2) is 48.5 Å². The van der Waals surface area contributed by atoms with Gasteiger partial charge < -0.3 is 14.5 Å². The molecule has 2 amide bonds. The second kappa shape index (κ2) is 8.86. The second-order valence-electron chi connectivity index (χ2n) is 8.09. The van der Waals surface area contributed by atoms with Crippen molar-refractivity contribution in [3.05, 3.63) is 65.5 Å². The Morgan fingerprint density at radius 2 is 1.77 bits per heavy atom. The molecular weight excluding hydrogens is 383 g/mol. The third-order valence-electron chi connectivity index (χ3n) is 6.14. The second-order valence-corrected chi connectivity index (χ2v) is 8.09. The van der Waals surface area contributed by atoms with Crippen LogP contribution < -0.4 is 4.74 Å². The molecule has 2 aromatic carbocycles. The van der Waals surface area contributed by atoms with Gasteiger partial charge in [0.25, 0.3) is 5.91 Å². The third-order valence-corrected chi connectivity index (χ3v) is 6.14. The molecule has 2 aliphatic rings. The van der Waals surface area contributed by atoms with Crippen molar-refractivity contribution in [2.75, 3.05) is 13.7 Å². The normalized spacial score (nSPS) is 20.5. The molecule has 0 spiro atoms. The van der Waals surface area contributed by atoms with E-state index in [1.165, 1.54) is 18.6 Å². The van der Waals surface area contributed by atoms with E-state index in [9.17, 15) is 14.0 Å². The number of piperazine rings is 1. The summed E-state index contributed by atoms with van der Waals surface area (Å²) in [5, 5.41) is 0. The van der Waals surface area contributed by atoms with Crippen LogP contribution in [0.25, 0.3) is 0 Å². The lowest BCUT2D eigenvalue weighted by atomic mass is 9.91. The zero-order valence-electron chi connectivity index (χ0n) is 17.2. The van der Waals surface area contributed by atoms with Gasteiger partial charge in [0.1, 0.15) is 24.2 Å². The molecule has 1 saturated heterocycles. The van der Waals surface area contributed by atoms with Crippen LogP contribution in [-0.4, -0.2) is 41.3 Å². The van der Waals surface area contributed by atoms with Crippen LogP contribution in [0.2, 0.25) is 0 Å². The standard InChI is InChI=1S/C24H27FN2O3/c1-30-21-9-5-6-17(14-21)15-27-22(28)16-26(20-7-3-2-4-8-20)24(29)23(27)18-10-12-19(25)13-11-18/h5-6,9-14,20,23H,2-4,7-8,15-16H2,1H3/t23-/m1/s1. The zero-order chi connectivity index (χ0) is 21.1. The summed E-state index contributed by atoms with van der Waals surface area (Å²) in [6.07, 6.45) is 5.21. The molecule has 0 radical (unpaired) electrons. The number of carbonyl (C=O) groups excluding carboxylic acids is 2. The van der Waals surface area contributed by atoms with E-state index in [1.807, 2.05) is 24.3 Å². The number of rotatable bonds is 5. The predicted molar refractivity (Wildman–Crippen MR) is 111 cm³/mol. The summed E-state index contributed by atoms with van der Waals surface area (Å²) in [6.45, 7) is 0.396. The molecule has 0 bridgehead atoms. The third kappa shape index (κ3) is 4.18. The highest BCUT2D eigenvalue weighted by atomic mass is 19.1. The molecule has 1 atom stereocenters. The SMILES string of the molecule is COc1cccc(CN2C(=O)CN(C3CCCCC3)C(=O)[C@H]2c2ccc(F)cc2)c1. The highest BCUT2D eigenvalue weighted by Crippen LogP contribution is 2.33. The Morgan fingerprint density at radius 3 is 2.47 bits per heavy atom. The lowest BCUT2D eigenvalue weighted by molar-refractivity contribution is -0.160. The van der Waals surface area contributed by atoms with Gasteiger partial charge in [0.05, 0.1) is 7.11 Å². The van der Waals surface area contributed by atoms with Gasteiger partial charge in [-0.1, -0.05) is 43.5 Å². The number of ether oxygens (including phenoxy) is 1. The summed E-state index contributed by atoms with van der Waals surface area (Å²) in [5.74, 6) is 0.176. The van der Waals surface area contributed by atoms with Crippen LogP contribution >= 0.6 is 0 Å². The van der Waals surface area contributed by atoms with Gasteiger partial charge in [0.2, 0.25) is 5.91 Å². The van der Waals surface area contributed by atoms with Crippen LogP contribution in [-0.2, 0) is 16.1 Å². The molecular formula is C24H27FN2O3. The lowest BCUT2D eigenvalue weighted by Crippen LogP contribution is -2.58. The summed E-state index contributed by atoms with van der Waals surface area (Å²) < 4.78 is 18.8. The summed E-state index contributed by atoms with van der Waals surface area (Å²) in [6, 6.07) is 12.7. The molecule has 158 valence electrons. The Balaban J connectivity index is 1.67. The Bertz CT molecular complexity index is 909. The minimum Gasteiger partial charge on any atom is -0.497 e. The Kier molecular flexibility index (Phi) is 6.02. The number of hydrogen-bond donors (Lipinski definition) is 0. The minimum absolute atomic E-state index is 0.0731. The monoisotopic (exact) mass is 410 g/mol. The fraction of sp³-hybridized carbons (Fsp3) is 0.417. The predicted octanol–water partition coefficient (Wildman–Crippen LogP) is 4.08. The number of benzene rings is 2. The Hall–Kier alpha value is -2.89. The van der Waals surface area contributed by atoms with Crippen molar-refractivity contribution < 1.29 is 18.7 Å². The summed E-state index contributed by atoms with van der Waals surface area (Å²) in [5.41, 5.74) is 1.52. The van der Waals surface area contributed by atoms with E-state index in [2.05, 4.69) is 0 Å². The van der Waals surface area contributed by atoms with E-state index in [4.69, 9.17) is 4.74 Å². The van der Waals surface area contributed by atoms with Crippen LogP contribution in [0.4, 0.5) is 4.39 Å². The minimum atomic E-state index is -0.750. The molecule has 4 rings (SSSR count). The summed E-state index contributed by atoms with van der Waals surface area (Å²) in [7, 11) is 1.60. The first-order valence-electron chi connectivity index (χ1n) is 10.5. The van der Waals surface area contributed by atoms with E-state index in [0.29, 0.717) is 17.9 Å². The maximum Gasteiger partial charge on any atom is 0.250 e. The molecule has 1 aliphatic heterocycles. The summed E-state index contributed by atoms with van der Waals surface area (Å²) in [4.78, 5) is 30.2. The Morgan fingerprint density at radius 1 is 1.03 bits per heavy atom. The highest BCUT2D eigenvalue weighted by Gasteiger charge is 2.42. The maximum atomic E-state index is 13.6. The molecule has 2 aromatic rings. The van der Waals surface area contributed by atoms with Gasteiger partial charge in [-0.25, -0.2) is 4.39 Å². The smallest absolute Gasteiger partial charge is 0.250 e. The van der Waals surface area contributed by atoms with Gasteiger partial charge in [-0.05, 0) is 48.2 Å². The fourth-order valence-electron chi connectivity index (χ4n) is 4.57. The largest absolute Gasteiger partial charge is 0.497 e. The van der Waals surface area contributed by atoms with Gasteiger partial charge >= 0.3 is 0 Å². The van der Waals surface area contributed by atoms with Gasteiger partial charge in [-0.15, -0.1) is 0 Å². The van der Waals surface area contributed by atoms with Crippen molar-refractivity contribution in [2.45, 2.75) is 50.7 Å². The number of halogens is 1. The van der Waals surface area contributed by atoms with E-state index in [1.54, 1.807) is 29.0 Å². The molecule has 0 unspecified atom stereocenters. The molecule has 1 heterocycles. The average molecular weight is 410 g/mol. The van der Waals surface area contributed by atoms with Crippen molar-refractivity contribution in [1.29, 1.82) is 0 Å². The molecule has 6 heteroatoms. The van der Waals surface area contributed by atoms with Gasteiger partial charge in [0, 0.05) is 12.6 Å². The summed E-state index contributed by atoms with van der Waals surface area (Å²) >= 11 is 0. The maximum absolute atomic E-state index is 13.6. The van der Waals surface area contributed by atoms with Crippen LogP contribution in [0.5, 0.6) is 5.75 Å². The van der Waals surface area contributed by atoms with Crippen molar-refractivity contribution in [3.63, 3.8) is 0 Å². The van der Waals surface area contributed by atoms with E-state index < -0.39 is 6.04 Å². The van der Waals surface area contributed by atoms with Gasteiger partial charge in [0.15, 0.2) is 0 Å². The molecule has 1 aliphatic carbocycles. The van der Waals surface area contributed by atoms with Crippen molar-refractivity contribution in [3.8, 4) is 5.75 Å². The van der Waals surface area contributed by atoms with Crippen LogP contribution in [0.3, 0.4) is 0 Å². The number of amides is 2. The van der Waals surface area contributed by atoms with Crippen LogP contribution in [0, 0.1) is 5.82 Å². The fourth-order valence-corrected chi connectivity index (χ4v) is 4.57. The van der Waals surface area contributed by atoms with E-state index in [-0.39, 0.29) is 30.2 Å². The van der Waals surface area contributed by atoms with Crippen molar-refractivity contribution >= 4 is 11.8 Å². The van der Waals surface area contributed by atoms with Gasteiger partial charge in [-0.2, -0.15) is 0 Å². The number of nitrogens with zero attached hydrogens (tertiary/aromatic N) is 2. The number of hydrogen-bond acceptors (Lipinski definition) is 3. The van der Waals surface area contributed by atoms with Crippen molar-refractivity contribution in [2.24, 2.45) is 0 Å². The number of methoxy groups -OCH3 is 1. The zero-order valence-corrected chi connectivity index (χ0v) is 17.2. The molecule has 0 aromatic heterocycles. The van der Waals surface area contributed by atoms with E-state index >= 15 is 0 Å². The van der Waals surface area contributed by atoms with E-state index in [0.717, 1.165) is 31.2 Å². The highest BCUT2D eigenvalue weighted by molar-refractivity contribution is 5.95. The molecule has 0 N–H and O–H groups in total. The van der Waals surface area contributed by atoms with Gasteiger partial charge in [-0.3, -0.25) is 9.59 Å².